The fraction of sp³-hybridized carbons (Fsp3) is 0.136. The summed E-state index contributed by atoms with van der Waals surface area (Å²) in [7, 11) is 1.97. The highest BCUT2D eigenvalue weighted by Crippen LogP contribution is 2.16. The molecule has 0 N–H and O–H groups in total. The summed E-state index contributed by atoms with van der Waals surface area (Å²) >= 11 is 0. The predicted molar refractivity (Wildman–Crippen MR) is 99.9 cm³/mol. The standard InChI is InChI=1S/C22H20N4/c1-25-11-12-26(17-25)21-8-3-7-19(15-21)13-18-5-2-6-20(14-18)16-22-23-9-4-10-24-22/h2-12,14-15H,13,16H2,1H3. The van der Waals surface area contributed by atoms with Crippen LogP contribution in [0, 0.1) is 6.33 Å². The lowest BCUT2D eigenvalue weighted by Gasteiger charge is -2.08. The lowest BCUT2D eigenvalue weighted by molar-refractivity contribution is -0.674. The number of nitrogens with zero attached hydrogens (tertiary/aromatic N) is 4. The van der Waals surface area contributed by atoms with E-state index in [1.807, 2.05) is 34.6 Å². The third-order valence-corrected chi connectivity index (χ3v) is 4.27. The second-order valence-electron chi connectivity index (χ2n) is 6.39. The third kappa shape index (κ3) is 3.86. The molecule has 0 radical (unpaired) electrons. The maximum absolute atomic E-state index is 4.32. The van der Waals surface area contributed by atoms with Crippen LogP contribution in [-0.2, 0) is 19.9 Å². The van der Waals surface area contributed by atoms with E-state index in [4.69, 9.17) is 0 Å². The van der Waals surface area contributed by atoms with E-state index in [1.165, 1.54) is 16.7 Å². The summed E-state index contributed by atoms with van der Waals surface area (Å²) < 4.78 is 3.93. The van der Waals surface area contributed by atoms with Crippen LogP contribution in [-0.4, -0.2) is 14.5 Å². The molecular formula is C22H20N4. The molecule has 0 unspecified atom stereocenters. The van der Waals surface area contributed by atoms with Gasteiger partial charge in [-0.25, -0.2) is 9.97 Å². The van der Waals surface area contributed by atoms with E-state index in [-0.39, 0.29) is 0 Å². The Kier molecular flexibility index (Phi) is 4.56. The van der Waals surface area contributed by atoms with E-state index in [0.717, 1.165) is 24.4 Å². The first-order valence-electron chi connectivity index (χ1n) is 8.65. The van der Waals surface area contributed by atoms with E-state index in [0.29, 0.717) is 0 Å². The van der Waals surface area contributed by atoms with Gasteiger partial charge >= 0.3 is 0 Å². The number of imidazole rings is 1. The molecule has 26 heavy (non-hydrogen) atoms. The van der Waals surface area contributed by atoms with Crippen LogP contribution in [0.4, 0.5) is 0 Å². The quantitative estimate of drug-likeness (QED) is 0.413. The second kappa shape index (κ2) is 7.31. The van der Waals surface area contributed by atoms with E-state index in [9.17, 15) is 0 Å². The van der Waals surface area contributed by atoms with Crippen LogP contribution in [0.25, 0.3) is 5.69 Å². The predicted octanol–water partition coefficient (Wildman–Crippen LogP) is 3.07. The number of benzene rings is 2. The van der Waals surface area contributed by atoms with Crippen molar-refractivity contribution in [3.05, 3.63) is 108 Å². The summed E-state index contributed by atoms with van der Waals surface area (Å²) in [6, 6.07) is 19.1. The molecule has 0 spiro atoms. The molecule has 0 atom stereocenters. The SMILES string of the molecule is C[n+]1[c-]n(-c2cccc(Cc3cccc(Cc4ncccn4)c3)c2)cc1. The maximum Gasteiger partial charge on any atom is 0.243 e. The average molecular weight is 340 g/mol. The van der Waals surface area contributed by atoms with E-state index in [2.05, 4.69) is 64.8 Å². The Labute approximate surface area is 153 Å². The van der Waals surface area contributed by atoms with Crippen LogP contribution in [0.3, 0.4) is 0 Å². The minimum atomic E-state index is 0.754. The van der Waals surface area contributed by atoms with E-state index >= 15 is 0 Å². The monoisotopic (exact) mass is 340 g/mol. The molecule has 4 aromatic rings. The van der Waals surface area contributed by atoms with Crippen molar-refractivity contribution in [2.75, 3.05) is 0 Å². The molecule has 2 aromatic carbocycles. The van der Waals surface area contributed by atoms with Crippen LogP contribution in [0.1, 0.15) is 22.5 Å². The molecule has 2 aromatic heterocycles. The molecule has 0 saturated carbocycles. The zero-order valence-electron chi connectivity index (χ0n) is 14.7. The fourth-order valence-electron chi connectivity index (χ4n) is 3.05. The molecule has 0 saturated heterocycles. The largest absolute Gasteiger partial charge is 0.326 e. The summed E-state index contributed by atoms with van der Waals surface area (Å²) in [4.78, 5) is 8.63. The molecule has 4 rings (SSSR count). The van der Waals surface area contributed by atoms with Crippen LogP contribution < -0.4 is 4.57 Å². The molecule has 0 fully saturated rings. The van der Waals surface area contributed by atoms with Crippen molar-refractivity contribution in [3.63, 3.8) is 0 Å². The Hall–Kier alpha value is -3.27. The van der Waals surface area contributed by atoms with Crippen LogP contribution in [0.2, 0.25) is 0 Å². The Balaban J connectivity index is 1.53. The summed E-state index contributed by atoms with van der Waals surface area (Å²) in [6.45, 7) is 0. The van der Waals surface area contributed by atoms with Crippen LogP contribution in [0.5, 0.6) is 0 Å². The minimum absolute atomic E-state index is 0.754. The number of aryl methyl sites for hydroxylation is 1. The van der Waals surface area contributed by atoms with Crippen molar-refractivity contribution in [1.29, 1.82) is 0 Å². The summed E-state index contributed by atoms with van der Waals surface area (Å²) in [6.07, 6.45) is 12.5. The van der Waals surface area contributed by atoms with Crippen molar-refractivity contribution in [1.82, 2.24) is 14.5 Å². The molecule has 0 aliphatic rings. The van der Waals surface area contributed by atoms with Crippen molar-refractivity contribution < 1.29 is 4.57 Å². The molecule has 4 nitrogen and oxygen atoms in total. The van der Waals surface area contributed by atoms with Gasteiger partial charge in [-0.1, -0.05) is 48.5 Å². The zero-order valence-corrected chi connectivity index (χ0v) is 14.7. The Morgan fingerprint density at radius 2 is 1.58 bits per heavy atom. The molecular weight excluding hydrogens is 320 g/mol. The summed E-state index contributed by atoms with van der Waals surface area (Å²) in [5.41, 5.74) is 4.92. The number of rotatable bonds is 5. The topological polar surface area (TPSA) is 34.6 Å². The van der Waals surface area contributed by atoms with Gasteiger partial charge in [0.05, 0.1) is 12.7 Å². The Morgan fingerprint density at radius 1 is 0.885 bits per heavy atom. The van der Waals surface area contributed by atoms with Crippen molar-refractivity contribution >= 4 is 0 Å². The first-order chi connectivity index (χ1) is 12.8. The van der Waals surface area contributed by atoms with Gasteiger partial charge in [0.25, 0.3) is 0 Å². The molecule has 128 valence electrons. The van der Waals surface area contributed by atoms with Gasteiger partial charge in [-0.3, -0.25) is 0 Å². The van der Waals surface area contributed by atoms with Gasteiger partial charge in [-0.15, -0.1) is 0 Å². The van der Waals surface area contributed by atoms with E-state index in [1.54, 1.807) is 12.4 Å². The first kappa shape index (κ1) is 16.2. The molecule has 2 heterocycles. The van der Waals surface area contributed by atoms with Gasteiger partial charge in [0.2, 0.25) is 6.33 Å². The summed E-state index contributed by atoms with van der Waals surface area (Å²) in [5, 5.41) is 0. The average Bonchev–Trinajstić information content (AvgIpc) is 3.10. The highest BCUT2D eigenvalue weighted by Gasteiger charge is 2.03. The Morgan fingerprint density at radius 3 is 2.31 bits per heavy atom. The van der Waals surface area contributed by atoms with Crippen molar-refractivity contribution in [3.8, 4) is 5.69 Å². The zero-order chi connectivity index (χ0) is 17.8. The van der Waals surface area contributed by atoms with Crippen molar-refractivity contribution in [2.45, 2.75) is 12.8 Å². The summed E-state index contributed by atoms with van der Waals surface area (Å²) in [5.74, 6) is 0.850. The van der Waals surface area contributed by atoms with Gasteiger partial charge < -0.3 is 9.13 Å². The first-order valence-corrected chi connectivity index (χ1v) is 8.65. The number of hydrogen-bond donors (Lipinski definition) is 0. The molecule has 4 heteroatoms. The van der Waals surface area contributed by atoms with Gasteiger partial charge in [0.15, 0.2) is 0 Å². The van der Waals surface area contributed by atoms with Crippen LogP contribution in [0.15, 0.2) is 79.4 Å². The van der Waals surface area contributed by atoms with Gasteiger partial charge in [-0.05, 0) is 29.2 Å². The highest BCUT2D eigenvalue weighted by atomic mass is 15.1. The fourth-order valence-corrected chi connectivity index (χ4v) is 3.05. The van der Waals surface area contributed by atoms with Gasteiger partial charge in [0.1, 0.15) is 5.82 Å². The minimum Gasteiger partial charge on any atom is -0.326 e. The highest BCUT2D eigenvalue weighted by molar-refractivity contribution is 5.38. The molecule has 0 bridgehead atoms. The van der Waals surface area contributed by atoms with Gasteiger partial charge in [0, 0.05) is 31.2 Å². The van der Waals surface area contributed by atoms with Crippen molar-refractivity contribution in [2.24, 2.45) is 7.05 Å². The van der Waals surface area contributed by atoms with E-state index < -0.39 is 0 Å². The maximum atomic E-state index is 4.32. The number of aromatic nitrogens is 4. The lowest BCUT2D eigenvalue weighted by Crippen LogP contribution is -2.24. The number of hydrogen-bond acceptors (Lipinski definition) is 2. The molecule has 0 aliphatic carbocycles. The third-order valence-electron chi connectivity index (χ3n) is 4.27. The lowest BCUT2D eigenvalue weighted by atomic mass is 10.0. The van der Waals surface area contributed by atoms with Crippen LogP contribution >= 0.6 is 0 Å². The molecule has 0 amide bonds. The normalized spacial score (nSPS) is 10.8. The van der Waals surface area contributed by atoms with Gasteiger partial charge in [-0.2, -0.15) is 0 Å². The smallest absolute Gasteiger partial charge is 0.243 e. The molecule has 0 aliphatic heterocycles. The second-order valence-corrected chi connectivity index (χ2v) is 6.39. The Bertz CT molecular complexity index is 1010.